The van der Waals surface area contributed by atoms with Gasteiger partial charge >= 0.3 is 0 Å². The van der Waals surface area contributed by atoms with Crippen LogP contribution in [0.1, 0.15) is 31.0 Å². The van der Waals surface area contributed by atoms with Gasteiger partial charge in [0.1, 0.15) is 12.1 Å². The van der Waals surface area contributed by atoms with Crippen molar-refractivity contribution in [1.29, 1.82) is 0 Å². The summed E-state index contributed by atoms with van der Waals surface area (Å²) in [5, 5.41) is 9.99. The number of hydrazone groups is 1. The van der Waals surface area contributed by atoms with E-state index in [1.807, 2.05) is 41.1 Å². The number of ether oxygens (including phenoxy) is 1. The Bertz CT molecular complexity index is 1150. The summed E-state index contributed by atoms with van der Waals surface area (Å²) in [5.74, 6) is 1.55. The first-order chi connectivity index (χ1) is 14.2. The van der Waals surface area contributed by atoms with E-state index < -0.39 is 0 Å². The zero-order valence-electron chi connectivity index (χ0n) is 16.4. The van der Waals surface area contributed by atoms with Crippen molar-refractivity contribution in [3.63, 3.8) is 0 Å². The topological polar surface area (TPSA) is 90.1 Å². The van der Waals surface area contributed by atoms with Crippen LogP contribution in [0.15, 0.2) is 60.2 Å². The molecule has 3 heterocycles. The minimum Gasteiger partial charge on any atom is -0.497 e. The lowest BCUT2D eigenvalue weighted by atomic mass is 10.1. The predicted molar refractivity (Wildman–Crippen MR) is 113 cm³/mol. The van der Waals surface area contributed by atoms with Gasteiger partial charge in [-0.25, -0.2) is 14.6 Å². The van der Waals surface area contributed by atoms with Gasteiger partial charge in [-0.3, -0.25) is 10.4 Å². The molecule has 0 saturated heterocycles. The second kappa shape index (κ2) is 8.05. The van der Waals surface area contributed by atoms with Crippen LogP contribution in [-0.4, -0.2) is 38.1 Å². The molecule has 0 radical (unpaired) electrons. The molecule has 4 rings (SSSR count). The van der Waals surface area contributed by atoms with Crippen LogP contribution in [0.5, 0.6) is 5.75 Å². The van der Waals surface area contributed by atoms with E-state index in [2.05, 4.69) is 39.3 Å². The number of benzene rings is 1. The number of fused-ring (bicyclic) bond motifs is 1. The van der Waals surface area contributed by atoms with Gasteiger partial charge in [0.05, 0.1) is 30.1 Å². The van der Waals surface area contributed by atoms with Gasteiger partial charge in [0.15, 0.2) is 11.5 Å². The Morgan fingerprint density at radius 1 is 1.14 bits per heavy atom. The molecule has 0 aliphatic heterocycles. The summed E-state index contributed by atoms with van der Waals surface area (Å²) in [7, 11) is 1.64. The molecule has 0 fully saturated rings. The number of rotatable bonds is 6. The average molecular weight is 387 g/mol. The number of anilines is 1. The number of hydrogen-bond acceptors (Lipinski definition) is 7. The molecule has 0 saturated carbocycles. The van der Waals surface area contributed by atoms with Crippen LogP contribution in [0.3, 0.4) is 0 Å². The highest BCUT2D eigenvalue weighted by Gasteiger charge is 2.20. The molecule has 8 heteroatoms. The number of nitrogens with zero attached hydrogens (tertiary/aromatic N) is 6. The molecule has 0 spiro atoms. The number of pyridine rings is 1. The van der Waals surface area contributed by atoms with E-state index in [9.17, 15) is 0 Å². The molecule has 0 atom stereocenters. The minimum absolute atomic E-state index is 0.181. The van der Waals surface area contributed by atoms with Crippen LogP contribution in [-0.2, 0) is 0 Å². The molecule has 0 bridgehead atoms. The van der Waals surface area contributed by atoms with Crippen LogP contribution in [0.2, 0.25) is 0 Å². The van der Waals surface area contributed by atoms with Crippen molar-refractivity contribution in [2.75, 3.05) is 12.5 Å². The SMILES string of the molecule is COc1cccc(-n2nc(C(C)C)c3c(N/N=C/c4ccncc4)ncnc32)c1. The van der Waals surface area contributed by atoms with Gasteiger partial charge in [-0.05, 0) is 35.7 Å². The van der Waals surface area contributed by atoms with Crippen molar-refractivity contribution in [3.8, 4) is 11.4 Å². The molecule has 8 nitrogen and oxygen atoms in total. The Labute approximate surface area is 168 Å². The summed E-state index contributed by atoms with van der Waals surface area (Å²) in [6.07, 6.45) is 6.67. The van der Waals surface area contributed by atoms with E-state index in [4.69, 9.17) is 9.84 Å². The van der Waals surface area contributed by atoms with E-state index in [0.29, 0.717) is 11.5 Å². The van der Waals surface area contributed by atoms with Crippen LogP contribution in [0, 0.1) is 0 Å². The molecule has 0 unspecified atom stereocenters. The standard InChI is InChI=1S/C21H21N7O/c1-14(2)19-18-20(26-25-12-15-7-9-22-10-8-15)23-13-24-21(18)28(27-19)16-5-4-6-17(11-16)29-3/h4-14H,1-3H3,(H,23,24,26)/b25-12+. The Hall–Kier alpha value is -3.81. The van der Waals surface area contributed by atoms with Crippen LogP contribution in [0.25, 0.3) is 16.7 Å². The maximum atomic E-state index is 5.35. The summed E-state index contributed by atoms with van der Waals surface area (Å²) < 4.78 is 7.16. The highest BCUT2D eigenvalue weighted by molar-refractivity contribution is 5.91. The fourth-order valence-electron chi connectivity index (χ4n) is 3.01. The second-order valence-corrected chi connectivity index (χ2v) is 6.72. The van der Waals surface area contributed by atoms with E-state index >= 15 is 0 Å². The van der Waals surface area contributed by atoms with E-state index in [0.717, 1.165) is 28.1 Å². The zero-order chi connectivity index (χ0) is 20.2. The maximum absolute atomic E-state index is 5.35. The van der Waals surface area contributed by atoms with Gasteiger partial charge in [-0.1, -0.05) is 19.9 Å². The quantitative estimate of drug-likeness (QED) is 0.400. The van der Waals surface area contributed by atoms with Crippen LogP contribution < -0.4 is 10.2 Å². The largest absolute Gasteiger partial charge is 0.497 e. The maximum Gasteiger partial charge on any atom is 0.168 e. The van der Waals surface area contributed by atoms with Gasteiger partial charge < -0.3 is 4.74 Å². The summed E-state index contributed by atoms with van der Waals surface area (Å²) in [5.41, 5.74) is 6.44. The summed E-state index contributed by atoms with van der Waals surface area (Å²) >= 11 is 0. The van der Waals surface area contributed by atoms with Gasteiger partial charge in [0.25, 0.3) is 0 Å². The molecule has 4 aromatic rings. The first kappa shape index (κ1) is 18.5. The predicted octanol–water partition coefficient (Wildman–Crippen LogP) is 3.79. The number of nitrogens with one attached hydrogen (secondary N) is 1. The lowest BCUT2D eigenvalue weighted by Crippen LogP contribution is -2.00. The van der Waals surface area contributed by atoms with Crippen LogP contribution in [0.4, 0.5) is 5.82 Å². The van der Waals surface area contributed by atoms with E-state index in [-0.39, 0.29) is 5.92 Å². The van der Waals surface area contributed by atoms with E-state index in [1.165, 1.54) is 6.33 Å². The third-order valence-corrected chi connectivity index (χ3v) is 4.43. The van der Waals surface area contributed by atoms with E-state index in [1.54, 1.807) is 25.7 Å². The molecule has 29 heavy (non-hydrogen) atoms. The number of aromatic nitrogens is 5. The highest BCUT2D eigenvalue weighted by Crippen LogP contribution is 2.31. The van der Waals surface area contributed by atoms with Crippen molar-refractivity contribution in [3.05, 3.63) is 66.4 Å². The molecule has 0 aliphatic carbocycles. The third kappa shape index (κ3) is 3.77. The smallest absolute Gasteiger partial charge is 0.168 e. The Kier molecular flexibility index (Phi) is 5.15. The van der Waals surface area contributed by atoms with Gasteiger partial charge in [-0.15, -0.1) is 0 Å². The fraction of sp³-hybridized carbons (Fsp3) is 0.190. The highest BCUT2D eigenvalue weighted by atomic mass is 16.5. The second-order valence-electron chi connectivity index (χ2n) is 6.72. The molecule has 146 valence electrons. The zero-order valence-corrected chi connectivity index (χ0v) is 16.4. The molecule has 0 aliphatic rings. The normalized spacial score (nSPS) is 11.4. The van der Waals surface area contributed by atoms with Crippen molar-refractivity contribution in [2.24, 2.45) is 5.10 Å². The summed E-state index contributed by atoms with van der Waals surface area (Å²) in [6, 6.07) is 11.5. The van der Waals surface area contributed by atoms with Crippen molar-refractivity contribution < 1.29 is 4.74 Å². The fourth-order valence-corrected chi connectivity index (χ4v) is 3.01. The lowest BCUT2D eigenvalue weighted by Gasteiger charge is -2.06. The van der Waals surface area contributed by atoms with Crippen LogP contribution >= 0.6 is 0 Å². The summed E-state index contributed by atoms with van der Waals surface area (Å²) in [6.45, 7) is 4.18. The summed E-state index contributed by atoms with van der Waals surface area (Å²) in [4.78, 5) is 12.9. The number of hydrogen-bond donors (Lipinski definition) is 1. The Morgan fingerprint density at radius 2 is 1.97 bits per heavy atom. The van der Waals surface area contributed by atoms with Crippen molar-refractivity contribution in [1.82, 2.24) is 24.7 Å². The van der Waals surface area contributed by atoms with Gasteiger partial charge in [0, 0.05) is 18.5 Å². The lowest BCUT2D eigenvalue weighted by molar-refractivity contribution is 0.414. The first-order valence-corrected chi connectivity index (χ1v) is 9.24. The monoisotopic (exact) mass is 387 g/mol. The Morgan fingerprint density at radius 3 is 2.72 bits per heavy atom. The number of methoxy groups -OCH3 is 1. The Balaban J connectivity index is 1.78. The molecule has 1 N–H and O–H groups in total. The average Bonchev–Trinajstić information content (AvgIpc) is 3.15. The third-order valence-electron chi connectivity index (χ3n) is 4.43. The molecular weight excluding hydrogens is 366 g/mol. The molecule has 1 aromatic carbocycles. The van der Waals surface area contributed by atoms with Gasteiger partial charge in [-0.2, -0.15) is 10.2 Å². The first-order valence-electron chi connectivity index (χ1n) is 9.24. The van der Waals surface area contributed by atoms with Gasteiger partial charge in [0.2, 0.25) is 0 Å². The minimum atomic E-state index is 0.181. The van der Waals surface area contributed by atoms with Crippen molar-refractivity contribution in [2.45, 2.75) is 19.8 Å². The molecular formula is C21H21N7O. The molecule has 0 amide bonds. The van der Waals surface area contributed by atoms with Crippen molar-refractivity contribution >= 4 is 23.1 Å². The molecule has 3 aromatic heterocycles.